The molecule has 2 N–H and O–H groups in total. The third-order valence-corrected chi connectivity index (χ3v) is 2.86. The molecule has 0 aliphatic heterocycles. The largest absolute Gasteiger partial charge is 0.496 e. The third-order valence-electron chi connectivity index (χ3n) is 2.86. The first-order chi connectivity index (χ1) is 9.10. The molecule has 1 atom stereocenters. The van der Waals surface area contributed by atoms with Gasteiger partial charge in [0.1, 0.15) is 5.75 Å². The van der Waals surface area contributed by atoms with E-state index in [2.05, 4.69) is 9.97 Å². The van der Waals surface area contributed by atoms with E-state index in [1.165, 1.54) is 0 Å². The molecule has 0 fully saturated rings. The van der Waals surface area contributed by atoms with Crippen LogP contribution in [-0.4, -0.2) is 23.1 Å². The minimum Gasteiger partial charge on any atom is -0.496 e. The van der Waals surface area contributed by atoms with Crippen molar-refractivity contribution in [3.05, 3.63) is 41.7 Å². The Labute approximate surface area is 113 Å². The molecule has 0 spiro atoms. The van der Waals surface area contributed by atoms with Crippen molar-refractivity contribution in [2.75, 3.05) is 7.11 Å². The van der Waals surface area contributed by atoms with Gasteiger partial charge in [0.05, 0.1) is 12.7 Å². The Kier molecular flexibility index (Phi) is 4.12. The molecule has 2 aromatic rings. The summed E-state index contributed by atoms with van der Waals surface area (Å²) in [6, 6.07) is 6.10. The monoisotopic (exact) mass is 257 g/mol. The normalized spacial score (nSPS) is 12.2. The molecule has 1 heterocycles. The number of rotatable bonds is 4. The van der Waals surface area contributed by atoms with Crippen molar-refractivity contribution in [2.45, 2.75) is 26.3 Å². The number of nitrogens with zero attached hydrogens (tertiary/aromatic N) is 2. The lowest BCUT2D eigenvalue weighted by Crippen LogP contribution is -2.18. The topological polar surface area (TPSA) is 61.0 Å². The summed E-state index contributed by atoms with van der Waals surface area (Å²) in [6.45, 7) is 4.00. The maximum atomic E-state index is 5.76. The second kappa shape index (κ2) is 5.80. The average molecular weight is 257 g/mol. The lowest BCUT2D eigenvalue weighted by Gasteiger charge is -2.09. The minimum absolute atomic E-state index is 0.114. The summed E-state index contributed by atoms with van der Waals surface area (Å²) >= 11 is 0. The van der Waals surface area contributed by atoms with E-state index in [-0.39, 0.29) is 6.04 Å². The average Bonchev–Trinajstić information content (AvgIpc) is 2.39. The molecule has 19 heavy (non-hydrogen) atoms. The van der Waals surface area contributed by atoms with Crippen molar-refractivity contribution in [1.82, 2.24) is 9.97 Å². The van der Waals surface area contributed by atoms with Crippen molar-refractivity contribution in [3.63, 3.8) is 0 Å². The molecule has 0 radical (unpaired) electrons. The highest BCUT2D eigenvalue weighted by atomic mass is 16.5. The molecule has 0 amide bonds. The molecule has 0 saturated carbocycles. The van der Waals surface area contributed by atoms with E-state index in [0.717, 1.165) is 28.9 Å². The van der Waals surface area contributed by atoms with Gasteiger partial charge in [-0.2, -0.15) is 0 Å². The maximum Gasteiger partial charge on any atom is 0.162 e. The smallest absolute Gasteiger partial charge is 0.162 e. The predicted octanol–water partition coefficient (Wildman–Crippen LogP) is 2.35. The highest BCUT2D eigenvalue weighted by molar-refractivity contribution is 5.64. The first-order valence-corrected chi connectivity index (χ1v) is 6.31. The van der Waals surface area contributed by atoms with Gasteiger partial charge in [-0.15, -0.1) is 0 Å². The van der Waals surface area contributed by atoms with Crippen LogP contribution < -0.4 is 10.5 Å². The number of aryl methyl sites for hydroxylation is 1. The van der Waals surface area contributed by atoms with Gasteiger partial charge in [-0.3, -0.25) is 0 Å². The first kappa shape index (κ1) is 13.5. The fourth-order valence-electron chi connectivity index (χ4n) is 1.95. The molecule has 0 aliphatic carbocycles. The summed E-state index contributed by atoms with van der Waals surface area (Å²) in [4.78, 5) is 8.79. The first-order valence-electron chi connectivity index (χ1n) is 6.31. The third kappa shape index (κ3) is 3.29. The van der Waals surface area contributed by atoms with Crippen molar-refractivity contribution in [2.24, 2.45) is 5.73 Å². The summed E-state index contributed by atoms with van der Waals surface area (Å²) in [7, 11) is 1.66. The second-order valence-corrected chi connectivity index (χ2v) is 4.80. The molecule has 0 bridgehead atoms. The summed E-state index contributed by atoms with van der Waals surface area (Å²) in [6.07, 6.45) is 4.43. The van der Waals surface area contributed by atoms with Gasteiger partial charge in [-0.25, -0.2) is 9.97 Å². The van der Waals surface area contributed by atoms with E-state index >= 15 is 0 Å². The molecule has 1 aromatic heterocycles. The lowest BCUT2D eigenvalue weighted by molar-refractivity contribution is 0.416. The zero-order valence-corrected chi connectivity index (χ0v) is 11.6. The van der Waals surface area contributed by atoms with Gasteiger partial charge in [0.25, 0.3) is 0 Å². The molecule has 4 nitrogen and oxygen atoms in total. The van der Waals surface area contributed by atoms with E-state index in [0.29, 0.717) is 5.82 Å². The summed E-state index contributed by atoms with van der Waals surface area (Å²) < 4.78 is 5.38. The maximum absolute atomic E-state index is 5.76. The quantitative estimate of drug-likeness (QED) is 0.913. The van der Waals surface area contributed by atoms with Gasteiger partial charge < -0.3 is 10.5 Å². The fourth-order valence-corrected chi connectivity index (χ4v) is 1.95. The number of hydrogen-bond acceptors (Lipinski definition) is 4. The van der Waals surface area contributed by atoms with Crippen molar-refractivity contribution in [3.8, 4) is 17.1 Å². The van der Waals surface area contributed by atoms with Crippen LogP contribution in [0.5, 0.6) is 5.75 Å². The van der Waals surface area contributed by atoms with E-state index < -0.39 is 0 Å². The Morgan fingerprint density at radius 3 is 2.53 bits per heavy atom. The van der Waals surface area contributed by atoms with Gasteiger partial charge >= 0.3 is 0 Å². The Hall–Kier alpha value is -1.94. The number of methoxy groups -OCH3 is 1. The van der Waals surface area contributed by atoms with Crippen LogP contribution in [-0.2, 0) is 6.42 Å². The summed E-state index contributed by atoms with van der Waals surface area (Å²) in [5.41, 5.74) is 8.86. The summed E-state index contributed by atoms with van der Waals surface area (Å²) in [5, 5.41) is 0. The van der Waals surface area contributed by atoms with Crippen LogP contribution in [0.1, 0.15) is 18.1 Å². The molecular weight excluding hydrogens is 238 g/mol. The van der Waals surface area contributed by atoms with Gasteiger partial charge in [0.15, 0.2) is 5.82 Å². The zero-order chi connectivity index (χ0) is 13.8. The number of aromatic nitrogens is 2. The van der Waals surface area contributed by atoms with Crippen LogP contribution in [0.15, 0.2) is 30.6 Å². The Balaban J connectivity index is 2.32. The van der Waals surface area contributed by atoms with Crippen molar-refractivity contribution in [1.29, 1.82) is 0 Å². The van der Waals surface area contributed by atoms with E-state index in [4.69, 9.17) is 10.5 Å². The molecule has 1 aromatic carbocycles. The van der Waals surface area contributed by atoms with Crippen LogP contribution in [0.2, 0.25) is 0 Å². The van der Waals surface area contributed by atoms with Gasteiger partial charge in [0, 0.05) is 18.4 Å². The van der Waals surface area contributed by atoms with Crippen molar-refractivity contribution < 1.29 is 4.74 Å². The van der Waals surface area contributed by atoms with E-state index in [9.17, 15) is 0 Å². The van der Waals surface area contributed by atoms with Crippen LogP contribution >= 0.6 is 0 Å². The van der Waals surface area contributed by atoms with E-state index in [1.54, 1.807) is 7.11 Å². The van der Waals surface area contributed by atoms with Gasteiger partial charge in [-0.1, -0.05) is 6.07 Å². The van der Waals surface area contributed by atoms with Gasteiger partial charge in [0.2, 0.25) is 0 Å². The van der Waals surface area contributed by atoms with Crippen LogP contribution in [0.3, 0.4) is 0 Å². The molecule has 2 rings (SSSR count). The molecule has 0 aliphatic rings. The Morgan fingerprint density at radius 2 is 1.95 bits per heavy atom. The highest BCUT2D eigenvalue weighted by Crippen LogP contribution is 2.27. The second-order valence-electron chi connectivity index (χ2n) is 4.80. The standard InChI is InChI=1S/C15H19N3O/c1-10-4-5-13(14(6-10)19-3)15-17-8-12(9-18-15)7-11(2)16/h4-6,8-9,11H,7,16H2,1-3H3. The van der Waals surface area contributed by atoms with Crippen molar-refractivity contribution >= 4 is 0 Å². The predicted molar refractivity (Wildman–Crippen MR) is 76.1 cm³/mol. The number of ether oxygens (including phenoxy) is 1. The molecule has 1 unspecified atom stereocenters. The number of benzene rings is 1. The number of hydrogen-bond donors (Lipinski definition) is 1. The molecule has 100 valence electrons. The Bertz CT molecular complexity index is 550. The Morgan fingerprint density at radius 1 is 1.26 bits per heavy atom. The van der Waals surface area contributed by atoms with Crippen LogP contribution in [0, 0.1) is 6.92 Å². The molecular formula is C15H19N3O. The lowest BCUT2D eigenvalue weighted by atomic mass is 10.1. The fraction of sp³-hybridized carbons (Fsp3) is 0.333. The highest BCUT2D eigenvalue weighted by Gasteiger charge is 2.09. The molecule has 4 heteroatoms. The zero-order valence-electron chi connectivity index (χ0n) is 11.6. The summed E-state index contributed by atoms with van der Waals surface area (Å²) in [5.74, 6) is 1.46. The van der Waals surface area contributed by atoms with Gasteiger partial charge in [-0.05, 0) is 43.5 Å². The molecule has 0 saturated heterocycles. The SMILES string of the molecule is COc1cc(C)ccc1-c1ncc(CC(C)N)cn1. The van der Waals surface area contributed by atoms with E-state index in [1.807, 2.05) is 44.4 Å². The number of nitrogens with two attached hydrogens (primary N) is 1. The van der Waals surface area contributed by atoms with Crippen LogP contribution in [0.4, 0.5) is 0 Å². The minimum atomic E-state index is 0.114. The van der Waals surface area contributed by atoms with Crippen LogP contribution in [0.25, 0.3) is 11.4 Å².